The van der Waals surface area contributed by atoms with Crippen LogP contribution in [-0.2, 0) is 7.05 Å². The highest BCUT2D eigenvalue weighted by Crippen LogP contribution is 2.35. The Bertz CT molecular complexity index is 1180. The van der Waals surface area contributed by atoms with Crippen LogP contribution in [0.5, 0.6) is 0 Å². The van der Waals surface area contributed by atoms with Crippen molar-refractivity contribution in [3.63, 3.8) is 0 Å². The van der Waals surface area contributed by atoms with Crippen molar-refractivity contribution in [2.24, 2.45) is 18.5 Å². The fraction of sp³-hybridized carbons (Fsp3) is 0.0500. The van der Waals surface area contributed by atoms with Crippen molar-refractivity contribution >= 4 is 34.0 Å². The Morgan fingerprint density at radius 3 is 2.19 bits per heavy atom. The summed E-state index contributed by atoms with van der Waals surface area (Å²) in [6.07, 6.45) is 0. The lowest BCUT2D eigenvalue weighted by atomic mass is 10.1. The van der Waals surface area contributed by atoms with E-state index < -0.39 is 0 Å². The van der Waals surface area contributed by atoms with Crippen molar-refractivity contribution in [1.82, 2.24) is 9.55 Å². The molecule has 2 heterocycles. The first-order valence-corrected chi connectivity index (χ1v) is 9.11. The summed E-state index contributed by atoms with van der Waals surface area (Å²) in [6, 6.07) is 17.4. The average Bonchev–Trinajstić information content (AvgIpc) is 3.26. The molecule has 2 aromatic carbocycles. The number of nitrogens with two attached hydrogens (primary N) is 2. The minimum atomic E-state index is 0.0384. The number of rotatable bonds is 4. The van der Waals surface area contributed by atoms with Gasteiger partial charge in [0.1, 0.15) is 11.7 Å². The van der Waals surface area contributed by atoms with Crippen LogP contribution in [-0.4, -0.2) is 21.2 Å². The molecule has 27 heavy (non-hydrogen) atoms. The summed E-state index contributed by atoms with van der Waals surface area (Å²) in [5.41, 5.74) is 15.4. The van der Waals surface area contributed by atoms with E-state index in [1.807, 2.05) is 54.1 Å². The van der Waals surface area contributed by atoms with Gasteiger partial charge in [-0.3, -0.25) is 10.8 Å². The van der Waals surface area contributed by atoms with E-state index in [0.717, 1.165) is 32.2 Å². The van der Waals surface area contributed by atoms with Crippen molar-refractivity contribution in [3.8, 4) is 21.1 Å². The van der Waals surface area contributed by atoms with Crippen LogP contribution in [0, 0.1) is 10.8 Å². The highest BCUT2D eigenvalue weighted by atomic mass is 32.1. The summed E-state index contributed by atoms with van der Waals surface area (Å²) < 4.78 is 2.05. The van der Waals surface area contributed by atoms with Crippen LogP contribution in [0.2, 0.25) is 0 Å². The van der Waals surface area contributed by atoms with E-state index in [4.69, 9.17) is 27.3 Å². The summed E-state index contributed by atoms with van der Waals surface area (Å²) in [4.78, 5) is 6.93. The average molecular weight is 374 g/mol. The Morgan fingerprint density at radius 1 is 0.889 bits per heavy atom. The molecule has 0 amide bonds. The Labute approximate surface area is 160 Å². The highest BCUT2D eigenvalue weighted by molar-refractivity contribution is 7.18. The van der Waals surface area contributed by atoms with Crippen molar-refractivity contribution in [2.75, 3.05) is 0 Å². The topological polar surface area (TPSA) is 118 Å². The molecular formula is C20H18N6S. The van der Waals surface area contributed by atoms with Crippen molar-refractivity contribution < 1.29 is 0 Å². The number of nitrogens with one attached hydrogen (secondary N) is 2. The molecule has 0 spiro atoms. The third-order valence-electron chi connectivity index (χ3n) is 4.50. The van der Waals surface area contributed by atoms with Crippen LogP contribution in [0.4, 0.5) is 0 Å². The predicted octanol–water partition coefficient (Wildman–Crippen LogP) is 3.54. The monoisotopic (exact) mass is 374 g/mol. The third-order valence-corrected chi connectivity index (χ3v) is 5.63. The molecule has 0 aliphatic rings. The second-order valence-electron chi connectivity index (χ2n) is 6.27. The fourth-order valence-electron chi connectivity index (χ4n) is 3.01. The van der Waals surface area contributed by atoms with Crippen molar-refractivity contribution in [3.05, 3.63) is 65.7 Å². The number of nitrogen functional groups attached to an aromatic ring is 2. The van der Waals surface area contributed by atoms with Gasteiger partial charge in [-0.15, -0.1) is 11.3 Å². The van der Waals surface area contributed by atoms with Gasteiger partial charge in [0, 0.05) is 23.1 Å². The Kier molecular flexibility index (Phi) is 4.01. The Hall–Kier alpha value is -3.45. The minimum absolute atomic E-state index is 0.0384. The zero-order valence-corrected chi connectivity index (χ0v) is 15.5. The summed E-state index contributed by atoms with van der Waals surface area (Å²) in [7, 11) is 1.99. The lowest BCUT2D eigenvalue weighted by molar-refractivity contribution is 0.963. The fourth-order valence-corrected chi connectivity index (χ4v) is 4.05. The molecule has 2 aromatic heterocycles. The van der Waals surface area contributed by atoms with Gasteiger partial charge in [-0.1, -0.05) is 24.3 Å². The molecule has 0 aliphatic heterocycles. The molecule has 7 heteroatoms. The van der Waals surface area contributed by atoms with Gasteiger partial charge in [-0.05, 0) is 35.9 Å². The van der Waals surface area contributed by atoms with Crippen LogP contribution in [0.15, 0.2) is 54.6 Å². The standard InChI is InChI=1S/C20H18N6S/c1-26-15-7-6-13(19(23)24)10-14(15)25-20(26)17-9-8-16(27-17)11-2-4-12(5-3-11)18(21)22/h2-10H,1H3,(H3,21,22)(H3,23,24). The molecule has 0 atom stereocenters. The number of hydrogen-bond acceptors (Lipinski definition) is 4. The summed E-state index contributed by atoms with van der Waals surface area (Å²) >= 11 is 1.66. The maximum absolute atomic E-state index is 7.60. The van der Waals surface area contributed by atoms with E-state index in [1.54, 1.807) is 11.3 Å². The zero-order chi connectivity index (χ0) is 19.1. The van der Waals surface area contributed by atoms with Gasteiger partial charge in [0.15, 0.2) is 5.82 Å². The van der Waals surface area contributed by atoms with E-state index in [1.165, 1.54) is 0 Å². The van der Waals surface area contributed by atoms with Gasteiger partial charge in [0.2, 0.25) is 0 Å². The van der Waals surface area contributed by atoms with E-state index >= 15 is 0 Å². The molecule has 6 nitrogen and oxygen atoms in total. The number of benzene rings is 2. The zero-order valence-electron chi connectivity index (χ0n) is 14.7. The molecule has 0 aliphatic carbocycles. The van der Waals surface area contributed by atoms with E-state index in [2.05, 4.69) is 12.1 Å². The lowest BCUT2D eigenvalue weighted by Gasteiger charge is -2.01. The van der Waals surface area contributed by atoms with Gasteiger partial charge >= 0.3 is 0 Å². The molecule has 0 bridgehead atoms. The summed E-state index contributed by atoms with van der Waals surface area (Å²) in [5.74, 6) is 0.983. The number of aromatic nitrogens is 2. The molecule has 4 rings (SSSR count). The molecule has 4 aromatic rings. The molecule has 0 unspecified atom stereocenters. The second kappa shape index (κ2) is 6.37. The van der Waals surface area contributed by atoms with Gasteiger partial charge < -0.3 is 16.0 Å². The first kappa shape index (κ1) is 17.0. The molecule has 0 radical (unpaired) electrons. The van der Waals surface area contributed by atoms with Crippen LogP contribution in [0.25, 0.3) is 32.2 Å². The normalized spacial score (nSPS) is 11.0. The number of aryl methyl sites for hydroxylation is 1. The van der Waals surface area contributed by atoms with Crippen molar-refractivity contribution in [1.29, 1.82) is 10.8 Å². The van der Waals surface area contributed by atoms with Crippen molar-refractivity contribution in [2.45, 2.75) is 0 Å². The Balaban J connectivity index is 1.73. The molecule has 6 N–H and O–H groups in total. The van der Waals surface area contributed by atoms with Crippen LogP contribution in [0.1, 0.15) is 11.1 Å². The third kappa shape index (κ3) is 2.98. The second-order valence-corrected chi connectivity index (χ2v) is 7.35. The molecule has 0 fully saturated rings. The number of fused-ring (bicyclic) bond motifs is 1. The van der Waals surface area contributed by atoms with Gasteiger partial charge in [-0.2, -0.15) is 0 Å². The number of hydrogen-bond donors (Lipinski definition) is 4. The summed E-state index contributed by atoms with van der Waals surface area (Å²) in [6.45, 7) is 0. The van der Waals surface area contributed by atoms with Gasteiger partial charge in [-0.25, -0.2) is 4.98 Å². The van der Waals surface area contributed by atoms with E-state index in [0.29, 0.717) is 11.1 Å². The number of nitrogens with zero attached hydrogens (tertiary/aromatic N) is 2. The SMILES string of the molecule is Cn1c(-c2ccc(-c3ccc(C(=N)N)cc3)s2)nc2cc(C(=N)N)ccc21. The Morgan fingerprint density at radius 2 is 1.52 bits per heavy atom. The predicted molar refractivity (Wildman–Crippen MR) is 111 cm³/mol. The largest absolute Gasteiger partial charge is 0.384 e. The lowest BCUT2D eigenvalue weighted by Crippen LogP contribution is -2.10. The molecule has 0 saturated heterocycles. The maximum Gasteiger partial charge on any atom is 0.150 e. The number of amidine groups is 2. The smallest absolute Gasteiger partial charge is 0.150 e. The first-order chi connectivity index (χ1) is 12.9. The number of thiophene rings is 1. The first-order valence-electron chi connectivity index (χ1n) is 8.30. The van der Waals surface area contributed by atoms with Crippen LogP contribution in [0.3, 0.4) is 0 Å². The van der Waals surface area contributed by atoms with Gasteiger partial charge in [0.25, 0.3) is 0 Å². The van der Waals surface area contributed by atoms with Gasteiger partial charge in [0.05, 0.1) is 15.9 Å². The molecule has 0 saturated carbocycles. The van der Waals surface area contributed by atoms with E-state index in [9.17, 15) is 0 Å². The van der Waals surface area contributed by atoms with E-state index in [-0.39, 0.29) is 11.7 Å². The highest BCUT2D eigenvalue weighted by Gasteiger charge is 2.14. The molecular weight excluding hydrogens is 356 g/mol. The minimum Gasteiger partial charge on any atom is -0.384 e. The maximum atomic E-state index is 7.60. The quantitative estimate of drug-likeness (QED) is 0.323. The van der Waals surface area contributed by atoms with Crippen LogP contribution < -0.4 is 11.5 Å². The summed E-state index contributed by atoms with van der Waals surface area (Å²) in [5, 5.41) is 15.1. The number of imidazole rings is 1. The molecule has 134 valence electrons. The van der Waals surface area contributed by atoms with Crippen LogP contribution >= 0.6 is 11.3 Å².